The van der Waals surface area contributed by atoms with Gasteiger partial charge in [-0.1, -0.05) is 56.3 Å². The Balaban J connectivity index is 1.68. The van der Waals surface area contributed by atoms with Gasteiger partial charge in [0, 0.05) is 0 Å². The molecule has 34 heavy (non-hydrogen) atoms. The Bertz CT molecular complexity index is 1190. The third kappa shape index (κ3) is 5.69. The summed E-state index contributed by atoms with van der Waals surface area (Å²) in [6.07, 6.45) is 1.88. The average Bonchev–Trinajstić information content (AvgIpc) is 3.14. The largest absolute Gasteiger partial charge is 0.490 e. The molecule has 3 aromatic carbocycles. The molecule has 1 aliphatic heterocycles. The number of amides is 1. The van der Waals surface area contributed by atoms with Crippen molar-refractivity contribution in [3.05, 3.63) is 89.3 Å². The molecule has 0 N–H and O–H groups in total. The number of rotatable bonds is 8. The van der Waals surface area contributed by atoms with Crippen molar-refractivity contribution in [2.45, 2.75) is 20.8 Å². The van der Waals surface area contributed by atoms with Gasteiger partial charge >= 0.3 is 0 Å². The van der Waals surface area contributed by atoms with E-state index in [1.807, 2.05) is 91.9 Å². The van der Waals surface area contributed by atoms with Gasteiger partial charge in [0.05, 0.1) is 29.5 Å². The maximum atomic E-state index is 13.5. The van der Waals surface area contributed by atoms with E-state index in [2.05, 4.69) is 13.8 Å². The van der Waals surface area contributed by atoms with Crippen LogP contribution >= 0.6 is 11.8 Å². The fraction of sp³-hybridized carbons (Fsp3) is 0.214. The van der Waals surface area contributed by atoms with Crippen molar-refractivity contribution in [2.24, 2.45) is 10.9 Å². The summed E-state index contributed by atoms with van der Waals surface area (Å²) >= 11 is 1.36. The standard InChI is InChI=1S/C28H28N2O3S/c1-4-32-25-17-21(15-16-24(25)33-19-20(2)3)18-26-27(31)30(23-13-9-6-10-14-23)28(34-26)29-22-11-7-5-8-12-22/h5-18,20H,4,19H2,1-3H3/b26-18+,29-28?. The third-order valence-electron chi connectivity index (χ3n) is 4.94. The molecule has 0 bridgehead atoms. The van der Waals surface area contributed by atoms with Crippen LogP contribution in [0.4, 0.5) is 11.4 Å². The number of nitrogens with zero attached hydrogens (tertiary/aromatic N) is 2. The van der Waals surface area contributed by atoms with Crippen molar-refractivity contribution in [2.75, 3.05) is 18.1 Å². The Hall–Kier alpha value is -3.51. The molecular weight excluding hydrogens is 444 g/mol. The lowest BCUT2D eigenvalue weighted by Crippen LogP contribution is -2.28. The van der Waals surface area contributed by atoms with Crippen LogP contribution in [0.1, 0.15) is 26.3 Å². The number of ether oxygens (including phenoxy) is 2. The van der Waals surface area contributed by atoms with Crippen molar-refractivity contribution in [1.29, 1.82) is 0 Å². The highest BCUT2D eigenvalue weighted by molar-refractivity contribution is 8.19. The summed E-state index contributed by atoms with van der Waals surface area (Å²) < 4.78 is 11.7. The average molecular weight is 473 g/mol. The molecule has 0 unspecified atom stereocenters. The maximum Gasteiger partial charge on any atom is 0.271 e. The van der Waals surface area contributed by atoms with Crippen LogP contribution in [0.15, 0.2) is 88.8 Å². The summed E-state index contributed by atoms with van der Waals surface area (Å²) in [7, 11) is 0. The minimum Gasteiger partial charge on any atom is -0.490 e. The van der Waals surface area contributed by atoms with Gasteiger partial charge in [0.2, 0.25) is 0 Å². The topological polar surface area (TPSA) is 51.1 Å². The molecule has 0 aromatic heterocycles. The van der Waals surface area contributed by atoms with E-state index in [-0.39, 0.29) is 5.91 Å². The van der Waals surface area contributed by atoms with Crippen LogP contribution in [-0.4, -0.2) is 24.3 Å². The quantitative estimate of drug-likeness (QED) is 0.334. The summed E-state index contributed by atoms with van der Waals surface area (Å²) in [6.45, 7) is 7.30. The van der Waals surface area contributed by atoms with E-state index >= 15 is 0 Å². The van der Waals surface area contributed by atoms with Crippen LogP contribution in [0.3, 0.4) is 0 Å². The fourth-order valence-electron chi connectivity index (χ4n) is 3.38. The predicted molar refractivity (Wildman–Crippen MR) is 141 cm³/mol. The number of hydrogen-bond acceptors (Lipinski definition) is 5. The van der Waals surface area contributed by atoms with Gasteiger partial charge in [-0.05, 0) is 72.6 Å². The summed E-state index contributed by atoms with van der Waals surface area (Å²) in [5.74, 6) is 1.69. The number of para-hydroxylation sites is 2. The number of anilines is 1. The van der Waals surface area contributed by atoms with Gasteiger partial charge in [-0.3, -0.25) is 9.69 Å². The lowest BCUT2D eigenvalue weighted by molar-refractivity contribution is -0.113. The normalized spacial score (nSPS) is 16.0. The van der Waals surface area contributed by atoms with Gasteiger partial charge in [-0.2, -0.15) is 0 Å². The van der Waals surface area contributed by atoms with Crippen molar-refractivity contribution in [3.8, 4) is 11.5 Å². The van der Waals surface area contributed by atoms with Crippen molar-refractivity contribution in [3.63, 3.8) is 0 Å². The highest BCUT2D eigenvalue weighted by atomic mass is 32.2. The maximum absolute atomic E-state index is 13.5. The minimum absolute atomic E-state index is 0.107. The molecule has 1 heterocycles. The van der Waals surface area contributed by atoms with Crippen molar-refractivity contribution in [1.82, 2.24) is 0 Å². The Morgan fingerprint density at radius 2 is 1.65 bits per heavy atom. The summed E-state index contributed by atoms with van der Waals surface area (Å²) in [5.41, 5.74) is 2.45. The van der Waals surface area contributed by atoms with Gasteiger partial charge in [0.15, 0.2) is 16.7 Å². The second-order valence-corrected chi connectivity index (χ2v) is 9.17. The van der Waals surface area contributed by atoms with Crippen LogP contribution in [0.25, 0.3) is 6.08 Å². The molecule has 0 aliphatic carbocycles. The van der Waals surface area contributed by atoms with Gasteiger partial charge in [-0.25, -0.2) is 4.99 Å². The SMILES string of the molecule is CCOc1cc(/C=C2/SC(=Nc3ccccc3)N(c3ccccc3)C2=O)ccc1OCC(C)C. The van der Waals surface area contributed by atoms with Gasteiger partial charge in [0.25, 0.3) is 5.91 Å². The molecule has 3 aromatic rings. The molecule has 1 saturated heterocycles. The first-order chi connectivity index (χ1) is 16.5. The number of hydrogen-bond donors (Lipinski definition) is 0. The van der Waals surface area contributed by atoms with E-state index in [1.165, 1.54) is 11.8 Å². The zero-order valence-corrected chi connectivity index (χ0v) is 20.4. The smallest absolute Gasteiger partial charge is 0.271 e. The van der Waals surface area contributed by atoms with Crippen LogP contribution in [0, 0.1) is 5.92 Å². The summed E-state index contributed by atoms with van der Waals surface area (Å²) in [5, 5.41) is 0.621. The van der Waals surface area contributed by atoms with E-state index in [1.54, 1.807) is 4.90 Å². The van der Waals surface area contributed by atoms with Gasteiger partial charge < -0.3 is 9.47 Å². The predicted octanol–water partition coefficient (Wildman–Crippen LogP) is 6.93. The number of aliphatic imine (C=N–C) groups is 1. The van der Waals surface area contributed by atoms with E-state index in [0.717, 1.165) is 16.9 Å². The van der Waals surface area contributed by atoms with Crippen molar-refractivity contribution >= 4 is 40.3 Å². The number of carbonyl (C=O) groups excluding carboxylic acids is 1. The molecule has 1 fully saturated rings. The number of carbonyl (C=O) groups is 1. The first-order valence-electron chi connectivity index (χ1n) is 11.4. The lowest BCUT2D eigenvalue weighted by Gasteiger charge is -2.15. The van der Waals surface area contributed by atoms with Crippen LogP contribution in [0.2, 0.25) is 0 Å². The second-order valence-electron chi connectivity index (χ2n) is 8.16. The second kappa shape index (κ2) is 11.1. The van der Waals surface area contributed by atoms with Gasteiger partial charge in [0.1, 0.15) is 0 Å². The molecule has 1 aliphatic rings. The molecule has 0 spiro atoms. The molecular formula is C28H28N2O3S. The molecule has 5 nitrogen and oxygen atoms in total. The molecule has 174 valence electrons. The summed E-state index contributed by atoms with van der Waals surface area (Å²) in [6, 6.07) is 25.0. The fourth-order valence-corrected chi connectivity index (χ4v) is 4.38. The van der Waals surface area contributed by atoms with Crippen molar-refractivity contribution < 1.29 is 14.3 Å². The highest BCUT2D eigenvalue weighted by Crippen LogP contribution is 2.38. The lowest BCUT2D eigenvalue weighted by atomic mass is 10.1. The molecule has 1 amide bonds. The Morgan fingerprint density at radius 3 is 2.32 bits per heavy atom. The first kappa shape index (κ1) is 23.6. The van der Waals surface area contributed by atoms with E-state index in [0.29, 0.717) is 40.7 Å². The number of benzene rings is 3. The minimum atomic E-state index is -0.107. The molecule has 0 radical (unpaired) electrons. The van der Waals surface area contributed by atoms with E-state index in [9.17, 15) is 4.79 Å². The Morgan fingerprint density at radius 1 is 0.941 bits per heavy atom. The first-order valence-corrected chi connectivity index (χ1v) is 12.2. The zero-order chi connectivity index (χ0) is 23.9. The molecule has 6 heteroatoms. The monoisotopic (exact) mass is 472 g/mol. The molecule has 4 rings (SSSR count). The van der Waals surface area contributed by atoms with E-state index < -0.39 is 0 Å². The Kier molecular flexibility index (Phi) is 7.70. The Labute approximate surface area is 205 Å². The number of amidine groups is 1. The molecule has 0 atom stereocenters. The van der Waals surface area contributed by atoms with Gasteiger partial charge in [-0.15, -0.1) is 0 Å². The molecule has 0 saturated carbocycles. The summed E-state index contributed by atoms with van der Waals surface area (Å²) in [4.78, 5) is 20.5. The van der Waals surface area contributed by atoms with Crippen LogP contribution in [0.5, 0.6) is 11.5 Å². The third-order valence-corrected chi connectivity index (χ3v) is 5.91. The zero-order valence-electron chi connectivity index (χ0n) is 19.6. The number of thioether (sulfide) groups is 1. The van der Waals surface area contributed by atoms with Crippen LogP contribution in [-0.2, 0) is 4.79 Å². The van der Waals surface area contributed by atoms with E-state index in [4.69, 9.17) is 14.5 Å². The highest BCUT2D eigenvalue weighted by Gasteiger charge is 2.34. The van der Waals surface area contributed by atoms with Crippen LogP contribution < -0.4 is 14.4 Å².